The van der Waals surface area contributed by atoms with Crippen molar-refractivity contribution in [3.8, 4) is 23.0 Å². The molecule has 5 rings (SSSR count). The van der Waals surface area contributed by atoms with E-state index in [4.69, 9.17) is 18.9 Å². The number of hydrogen-bond donors (Lipinski definition) is 2. The molecule has 0 bridgehead atoms. The van der Waals surface area contributed by atoms with Crippen molar-refractivity contribution in [2.75, 3.05) is 31.5 Å². The number of allylic oxidation sites excluding steroid dienone is 1. The van der Waals surface area contributed by atoms with E-state index in [0.717, 1.165) is 11.1 Å². The second-order valence-electron chi connectivity index (χ2n) is 9.17. The van der Waals surface area contributed by atoms with E-state index in [0.29, 0.717) is 52.5 Å². The first-order valence-corrected chi connectivity index (χ1v) is 13.0. The largest absolute Gasteiger partial charge is 0.497 e. The monoisotopic (exact) mass is 559 g/mol. The second-order valence-corrected chi connectivity index (χ2v) is 9.17. The summed E-state index contributed by atoms with van der Waals surface area (Å²) < 4.78 is 37.7. The van der Waals surface area contributed by atoms with Crippen LogP contribution in [-0.4, -0.2) is 41.5 Å². The van der Waals surface area contributed by atoms with Crippen LogP contribution in [0.2, 0.25) is 0 Å². The molecule has 0 fully saturated rings. The fourth-order valence-corrected chi connectivity index (χ4v) is 4.62. The summed E-state index contributed by atoms with van der Waals surface area (Å²) >= 11 is 0. The maximum Gasteiger partial charge on any atom is 0.255 e. The molecule has 2 N–H and O–H groups in total. The average molecular weight is 560 g/mol. The number of carbonyl (C=O) groups is 1. The first-order valence-electron chi connectivity index (χ1n) is 13.0. The molecular weight excluding hydrogens is 529 g/mol. The van der Waals surface area contributed by atoms with Gasteiger partial charge < -0.3 is 29.6 Å². The number of fused-ring (bicyclic) bond motifs is 1. The molecule has 1 aromatic heterocycles. The molecular formula is C30H30FN5O5. The highest BCUT2D eigenvalue weighted by Crippen LogP contribution is 2.40. The van der Waals surface area contributed by atoms with Crippen LogP contribution in [0.4, 0.5) is 16.0 Å². The fourth-order valence-electron chi connectivity index (χ4n) is 4.62. The first-order chi connectivity index (χ1) is 19.9. The van der Waals surface area contributed by atoms with Gasteiger partial charge in [0.05, 0.1) is 32.1 Å². The van der Waals surface area contributed by atoms with Crippen molar-refractivity contribution in [1.82, 2.24) is 14.8 Å². The summed E-state index contributed by atoms with van der Waals surface area (Å²) in [4.78, 5) is 18.2. The van der Waals surface area contributed by atoms with Crippen LogP contribution >= 0.6 is 0 Å². The molecule has 0 radical (unpaired) electrons. The number of hydrogen-bond acceptors (Lipinski definition) is 8. The Labute approximate surface area is 236 Å². The van der Waals surface area contributed by atoms with Crippen molar-refractivity contribution < 1.29 is 28.1 Å². The van der Waals surface area contributed by atoms with E-state index in [1.165, 1.54) is 25.6 Å². The van der Waals surface area contributed by atoms with Gasteiger partial charge in [0.25, 0.3) is 5.91 Å². The van der Waals surface area contributed by atoms with Crippen LogP contribution in [0.15, 0.2) is 78.3 Å². The molecule has 3 aromatic carbocycles. The Balaban J connectivity index is 1.49. The molecule has 212 valence electrons. The van der Waals surface area contributed by atoms with Crippen LogP contribution in [0.3, 0.4) is 0 Å². The summed E-state index contributed by atoms with van der Waals surface area (Å²) in [6.07, 6.45) is 1.43. The molecule has 1 aliphatic heterocycles. The maximum absolute atomic E-state index is 13.9. The zero-order valence-corrected chi connectivity index (χ0v) is 23.1. The van der Waals surface area contributed by atoms with E-state index in [1.54, 1.807) is 48.2 Å². The lowest BCUT2D eigenvalue weighted by atomic mass is 9.94. The number of halogens is 1. The van der Waals surface area contributed by atoms with Gasteiger partial charge in [-0.3, -0.25) is 4.79 Å². The molecule has 11 heteroatoms. The molecule has 1 aliphatic rings. The average Bonchev–Trinajstić information content (AvgIpc) is 3.44. The number of nitrogens with one attached hydrogen (secondary N) is 2. The molecule has 2 heterocycles. The molecule has 0 unspecified atom stereocenters. The SMILES string of the molecule is CCOc1cc([C@@H]2C(C(=O)Nc3cc(OC)ccc3OC)=C(C)Nc3ncnn32)ccc1OCc1ccc(F)cc1. The number of ether oxygens (including phenoxy) is 4. The summed E-state index contributed by atoms with van der Waals surface area (Å²) in [7, 11) is 3.08. The normalized spacial score (nSPS) is 14.1. The van der Waals surface area contributed by atoms with E-state index in [-0.39, 0.29) is 18.3 Å². The van der Waals surface area contributed by atoms with Crippen LogP contribution in [0.5, 0.6) is 23.0 Å². The van der Waals surface area contributed by atoms with Gasteiger partial charge in [-0.2, -0.15) is 10.1 Å². The Hall–Kier alpha value is -5.06. The molecule has 4 aromatic rings. The van der Waals surface area contributed by atoms with Crippen LogP contribution in [0.1, 0.15) is 31.0 Å². The van der Waals surface area contributed by atoms with Crippen molar-refractivity contribution in [3.63, 3.8) is 0 Å². The molecule has 0 saturated carbocycles. The Kier molecular flexibility index (Phi) is 8.04. The van der Waals surface area contributed by atoms with Crippen LogP contribution in [0.25, 0.3) is 0 Å². The number of aromatic nitrogens is 3. The van der Waals surface area contributed by atoms with Gasteiger partial charge in [-0.25, -0.2) is 9.07 Å². The predicted molar refractivity (Wildman–Crippen MR) is 151 cm³/mol. The van der Waals surface area contributed by atoms with E-state index < -0.39 is 6.04 Å². The lowest BCUT2D eigenvalue weighted by molar-refractivity contribution is -0.113. The number of anilines is 2. The third kappa shape index (κ3) is 5.79. The minimum atomic E-state index is -0.629. The topological polar surface area (TPSA) is 109 Å². The Morgan fingerprint density at radius 3 is 2.51 bits per heavy atom. The maximum atomic E-state index is 13.9. The van der Waals surface area contributed by atoms with Crippen molar-refractivity contribution >= 4 is 17.5 Å². The fraction of sp³-hybridized carbons (Fsp3) is 0.233. The highest BCUT2D eigenvalue weighted by atomic mass is 19.1. The van der Waals surface area contributed by atoms with Crippen molar-refractivity contribution in [2.24, 2.45) is 0 Å². The van der Waals surface area contributed by atoms with E-state index >= 15 is 0 Å². The van der Waals surface area contributed by atoms with E-state index in [9.17, 15) is 9.18 Å². The molecule has 10 nitrogen and oxygen atoms in total. The van der Waals surface area contributed by atoms with Gasteiger partial charge in [0, 0.05) is 11.8 Å². The van der Waals surface area contributed by atoms with Gasteiger partial charge in [0.15, 0.2) is 11.5 Å². The summed E-state index contributed by atoms with van der Waals surface area (Å²) in [5.41, 5.74) is 3.05. The number of rotatable bonds is 10. The van der Waals surface area contributed by atoms with Gasteiger partial charge in [-0.15, -0.1) is 0 Å². The van der Waals surface area contributed by atoms with Crippen LogP contribution in [-0.2, 0) is 11.4 Å². The summed E-state index contributed by atoms with van der Waals surface area (Å²) in [6, 6.07) is 16.1. The lowest BCUT2D eigenvalue weighted by Gasteiger charge is -2.29. The van der Waals surface area contributed by atoms with E-state index in [1.807, 2.05) is 26.0 Å². The summed E-state index contributed by atoms with van der Waals surface area (Å²) in [6.45, 7) is 4.32. The number of methoxy groups -OCH3 is 2. The van der Waals surface area contributed by atoms with Crippen LogP contribution < -0.4 is 29.6 Å². The predicted octanol–water partition coefficient (Wildman–Crippen LogP) is 5.34. The zero-order valence-electron chi connectivity index (χ0n) is 23.1. The first kappa shape index (κ1) is 27.5. The minimum Gasteiger partial charge on any atom is -0.497 e. The van der Waals surface area contributed by atoms with Gasteiger partial charge in [0.2, 0.25) is 5.95 Å². The standard InChI is InChI=1S/C30H30FN5O5/c1-5-40-26-14-20(8-12-25(26)41-16-19-6-9-21(31)10-7-19)28-27(18(2)34-30-32-17-33-36(28)30)29(37)35-23-15-22(38-3)11-13-24(23)39-4/h6-15,17,28H,5,16H2,1-4H3,(H,35,37)(H,32,33,34)/t28-/m1/s1. The Morgan fingerprint density at radius 2 is 1.78 bits per heavy atom. The lowest BCUT2D eigenvalue weighted by Crippen LogP contribution is -2.31. The Morgan fingerprint density at radius 1 is 1.00 bits per heavy atom. The number of nitrogens with zero attached hydrogens (tertiary/aromatic N) is 3. The number of carbonyl (C=O) groups excluding carboxylic acids is 1. The molecule has 1 amide bonds. The minimum absolute atomic E-state index is 0.231. The molecule has 0 saturated heterocycles. The Bertz CT molecular complexity index is 1580. The van der Waals surface area contributed by atoms with Gasteiger partial charge in [0.1, 0.15) is 36.3 Å². The molecule has 1 atom stereocenters. The van der Waals surface area contributed by atoms with Crippen molar-refractivity contribution in [3.05, 3.63) is 95.2 Å². The van der Waals surface area contributed by atoms with Gasteiger partial charge >= 0.3 is 0 Å². The second kappa shape index (κ2) is 12.0. The molecule has 0 spiro atoms. The number of benzene rings is 3. The highest BCUT2D eigenvalue weighted by Gasteiger charge is 2.34. The van der Waals surface area contributed by atoms with Gasteiger partial charge in [-0.1, -0.05) is 18.2 Å². The van der Waals surface area contributed by atoms with Gasteiger partial charge in [-0.05, 0) is 61.4 Å². The third-order valence-corrected chi connectivity index (χ3v) is 6.58. The molecule has 41 heavy (non-hydrogen) atoms. The smallest absolute Gasteiger partial charge is 0.255 e. The van der Waals surface area contributed by atoms with E-state index in [2.05, 4.69) is 20.7 Å². The zero-order chi connectivity index (χ0) is 28.9. The van der Waals surface area contributed by atoms with Crippen molar-refractivity contribution in [1.29, 1.82) is 0 Å². The van der Waals surface area contributed by atoms with Crippen molar-refractivity contribution in [2.45, 2.75) is 26.5 Å². The number of amides is 1. The highest BCUT2D eigenvalue weighted by molar-refractivity contribution is 6.06. The quantitative estimate of drug-likeness (QED) is 0.268. The third-order valence-electron chi connectivity index (χ3n) is 6.58. The molecule has 0 aliphatic carbocycles. The summed E-state index contributed by atoms with van der Waals surface area (Å²) in [5, 5.41) is 10.5. The summed E-state index contributed by atoms with van der Waals surface area (Å²) in [5.74, 6) is 1.90. The van der Waals surface area contributed by atoms with Crippen LogP contribution in [0, 0.1) is 5.82 Å².